The second-order valence-corrected chi connectivity index (χ2v) is 8.65. The zero-order valence-electron chi connectivity index (χ0n) is 16.8. The Labute approximate surface area is 168 Å². The van der Waals surface area contributed by atoms with Gasteiger partial charge in [-0.2, -0.15) is 0 Å². The van der Waals surface area contributed by atoms with E-state index in [0.717, 1.165) is 58.3 Å². The maximum atomic E-state index is 13.1. The van der Waals surface area contributed by atoms with Crippen molar-refractivity contribution >= 4 is 11.8 Å². The minimum absolute atomic E-state index is 0.0311. The summed E-state index contributed by atoms with van der Waals surface area (Å²) in [6, 6.07) is 10.3. The first kappa shape index (κ1) is 19.4. The van der Waals surface area contributed by atoms with Crippen LogP contribution in [-0.2, 0) is 16.0 Å². The van der Waals surface area contributed by atoms with Crippen LogP contribution in [0.25, 0.3) is 0 Å². The third-order valence-corrected chi connectivity index (χ3v) is 6.62. The molecular weight excluding hydrogens is 350 g/mol. The normalized spacial score (nSPS) is 22.2. The fourth-order valence-electron chi connectivity index (χ4n) is 4.84. The van der Waals surface area contributed by atoms with Gasteiger partial charge in [-0.3, -0.25) is 14.5 Å². The van der Waals surface area contributed by atoms with Crippen molar-refractivity contribution in [1.82, 2.24) is 15.1 Å². The van der Waals surface area contributed by atoms with Gasteiger partial charge in [-0.15, -0.1) is 0 Å². The van der Waals surface area contributed by atoms with E-state index in [4.69, 9.17) is 0 Å². The van der Waals surface area contributed by atoms with Crippen LogP contribution in [0, 0.1) is 11.8 Å². The topological polar surface area (TPSA) is 52.7 Å². The van der Waals surface area contributed by atoms with Gasteiger partial charge in [0.2, 0.25) is 11.8 Å². The molecule has 3 fully saturated rings. The lowest BCUT2D eigenvalue weighted by Gasteiger charge is -2.40. The van der Waals surface area contributed by atoms with Crippen molar-refractivity contribution in [1.29, 1.82) is 0 Å². The van der Waals surface area contributed by atoms with Gasteiger partial charge in [0.05, 0.1) is 6.04 Å². The molecule has 1 heterocycles. The molecule has 0 radical (unpaired) electrons. The Balaban J connectivity index is 1.32. The number of rotatable bonds is 7. The van der Waals surface area contributed by atoms with Gasteiger partial charge < -0.3 is 10.2 Å². The number of carbonyl (C=O) groups excluding carboxylic acids is 2. The smallest absolute Gasteiger partial charge is 0.237 e. The van der Waals surface area contributed by atoms with Crippen molar-refractivity contribution in [2.45, 2.75) is 51.0 Å². The Hall–Kier alpha value is -1.88. The number of nitrogens with zero attached hydrogens (tertiary/aromatic N) is 2. The molecule has 1 atom stereocenters. The van der Waals surface area contributed by atoms with Crippen LogP contribution in [0.3, 0.4) is 0 Å². The maximum Gasteiger partial charge on any atom is 0.237 e. The molecule has 2 aliphatic carbocycles. The largest absolute Gasteiger partial charge is 0.354 e. The van der Waals surface area contributed by atoms with Gasteiger partial charge in [0, 0.05) is 38.6 Å². The summed E-state index contributed by atoms with van der Waals surface area (Å²) < 4.78 is 0. The standard InChI is InChI=1S/C23H33N3O2/c27-22(24-13-12-18-6-2-1-3-7-18)21(19-8-4-5-9-19)25-14-16-26(17-15-25)23(28)20-10-11-20/h1-3,6-7,19-21H,4-5,8-17H2,(H,24,27). The second kappa shape index (κ2) is 9.08. The summed E-state index contributed by atoms with van der Waals surface area (Å²) in [5.41, 5.74) is 1.26. The van der Waals surface area contributed by atoms with E-state index in [-0.39, 0.29) is 11.9 Å². The molecule has 0 spiro atoms. The van der Waals surface area contributed by atoms with Crippen molar-refractivity contribution < 1.29 is 9.59 Å². The van der Waals surface area contributed by atoms with Crippen LogP contribution in [0.2, 0.25) is 0 Å². The van der Waals surface area contributed by atoms with Crippen molar-refractivity contribution in [3.05, 3.63) is 35.9 Å². The third kappa shape index (κ3) is 4.75. The summed E-state index contributed by atoms with van der Waals surface area (Å²) in [6.07, 6.45) is 7.77. The quantitative estimate of drug-likeness (QED) is 0.787. The molecule has 0 bridgehead atoms. The number of carbonyl (C=O) groups is 2. The van der Waals surface area contributed by atoms with E-state index >= 15 is 0 Å². The van der Waals surface area contributed by atoms with E-state index in [1.807, 2.05) is 23.1 Å². The van der Waals surface area contributed by atoms with Gasteiger partial charge in [-0.25, -0.2) is 0 Å². The van der Waals surface area contributed by atoms with Crippen molar-refractivity contribution in [3.63, 3.8) is 0 Å². The zero-order chi connectivity index (χ0) is 19.3. The Morgan fingerprint density at radius 2 is 1.64 bits per heavy atom. The van der Waals surface area contributed by atoms with E-state index in [1.165, 1.54) is 18.4 Å². The lowest BCUT2D eigenvalue weighted by atomic mass is 9.95. The number of piperazine rings is 1. The highest BCUT2D eigenvalue weighted by atomic mass is 16.2. The lowest BCUT2D eigenvalue weighted by molar-refractivity contribution is -0.136. The molecule has 1 saturated heterocycles. The molecule has 5 heteroatoms. The molecule has 1 aromatic rings. The highest BCUT2D eigenvalue weighted by molar-refractivity contribution is 5.83. The van der Waals surface area contributed by atoms with Crippen LogP contribution in [0.5, 0.6) is 0 Å². The Morgan fingerprint density at radius 1 is 0.964 bits per heavy atom. The number of nitrogens with one attached hydrogen (secondary N) is 1. The highest BCUT2D eigenvalue weighted by Gasteiger charge is 2.39. The van der Waals surface area contributed by atoms with E-state index in [1.54, 1.807) is 0 Å². The first-order chi connectivity index (χ1) is 13.7. The lowest BCUT2D eigenvalue weighted by Crippen LogP contribution is -2.58. The monoisotopic (exact) mass is 383 g/mol. The number of hydrogen-bond donors (Lipinski definition) is 1. The first-order valence-corrected chi connectivity index (χ1v) is 11.1. The fourth-order valence-corrected chi connectivity index (χ4v) is 4.84. The van der Waals surface area contributed by atoms with Crippen molar-refractivity contribution in [2.75, 3.05) is 32.7 Å². The van der Waals surface area contributed by atoms with Gasteiger partial charge in [-0.1, -0.05) is 43.2 Å². The molecule has 0 aromatic heterocycles. The van der Waals surface area contributed by atoms with Gasteiger partial charge in [0.15, 0.2) is 0 Å². The summed E-state index contributed by atoms with van der Waals surface area (Å²) in [5.74, 6) is 1.27. The van der Waals surface area contributed by atoms with Crippen LogP contribution in [0.4, 0.5) is 0 Å². The van der Waals surface area contributed by atoms with Crippen molar-refractivity contribution in [2.24, 2.45) is 11.8 Å². The number of amides is 2. The Bertz CT molecular complexity index is 660. The molecule has 4 rings (SSSR count). The summed E-state index contributed by atoms with van der Waals surface area (Å²) in [5, 5.41) is 3.21. The maximum absolute atomic E-state index is 13.1. The predicted molar refractivity (Wildman–Crippen MR) is 110 cm³/mol. The first-order valence-electron chi connectivity index (χ1n) is 11.1. The van der Waals surface area contributed by atoms with Gasteiger partial charge >= 0.3 is 0 Å². The molecule has 1 unspecified atom stereocenters. The molecule has 28 heavy (non-hydrogen) atoms. The molecular formula is C23H33N3O2. The molecule has 1 N–H and O–H groups in total. The summed E-state index contributed by atoms with van der Waals surface area (Å²) in [6.45, 7) is 3.88. The molecule has 1 aliphatic heterocycles. The minimum Gasteiger partial charge on any atom is -0.354 e. The Kier molecular flexibility index (Phi) is 6.30. The predicted octanol–water partition coefficient (Wildman–Crippen LogP) is 2.46. The van der Waals surface area contributed by atoms with E-state index in [2.05, 4.69) is 22.3 Å². The molecule has 3 aliphatic rings. The fraction of sp³-hybridized carbons (Fsp3) is 0.652. The number of benzene rings is 1. The third-order valence-electron chi connectivity index (χ3n) is 6.62. The van der Waals surface area contributed by atoms with Gasteiger partial charge in [-0.05, 0) is 43.6 Å². The SMILES string of the molecule is O=C(NCCc1ccccc1)C(C1CCCC1)N1CCN(C(=O)C2CC2)CC1. The molecule has 1 aromatic carbocycles. The summed E-state index contributed by atoms with van der Waals surface area (Å²) in [4.78, 5) is 29.8. The van der Waals surface area contributed by atoms with E-state index < -0.39 is 0 Å². The molecule has 2 saturated carbocycles. The average Bonchev–Trinajstić information content (AvgIpc) is 3.45. The summed E-state index contributed by atoms with van der Waals surface area (Å²) >= 11 is 0. The molecule has 2 amide bonds. The minimum atomic E-state index is -0.0311. The van der Waals surface area contributed by atoms with Crippen LogP contribution >= 0.6 is 0 Å². The highest BCUT2D eigenvalue weighted by Crippen LogP contribution is 2.33. The second-order valence-electron chi connectivity index (χ2n) is 8.65. The van der Waals surface area contributed by atoms with Crippen molar-refractivity contribution in [3.8, 4) is 0 Å². The van der Waals surface area contributed by atoms with Crippen LogP contribution < -0.4 is 5.32 Å². The van der Waals surface area contributed by atoms with E-state index in [0.29, 0.717) is 24.3 Å². The van der Waals surface area contributed by atoms with Gasteiger partial charge in [0.1, 0.15) is 0 Å². The van der Waals surface area contributed by atoms with E-state index in [9.17, 15) is 9.59 Å². The average molecular weight is 384 g/mol. The van der Waals surface area contributed by atoms with Crippen LogP contribution in [0.1, 0.15) is 44.1 Å². The zero-order valence-corrected chi connectivity index (χ0v) is 16.8. The molecule has 5 nitrogen and oxygen atoms in total. The molecule has 152 valence electrons. The summed E-state index contributed by atoms with van der Waals surface area (Å²) in [7, 11) is 0. The number of hydrogen-bond acceptors (Lipinski definition) is 3. The van der Waals surface area contributed by atoms with Crippen LogP contribution in [-0.4, -0.2) is 60.4 Å². The Morgan fingerprint density at radius 3 is 2.29 bits per heavy atom. The van der Waals surface area contributed by atoms with Crippen LogP contribution in [0.15, 0.2) is 30.3 Å². The van der Waals surface area contributed by atoms with Gasteiger partial charge in [0.25, 0.3) is 0 Å².